The van der Waals surface area contributed by atoms with Crippen molar-refractivity contribution >= 4 is 22.9 Å². The zero-order chi connectivity index (χ0) is 7.72. The molecule has 1 fully saturated rings. The molecule has 3 heteroatoms. The van der Waals surface area contributed by atoms with Crippen LogP contribution in [0.1, 0.15) is 13.8 Å². The summed E-state index contributed by atoms with van der Waals surface area (Å²) in [5.74, 6) is 0. The van der Waals surface area contributed by atoms with Crippen LogP contribution in [-0.2, 0) is 0 Å². The van der Waals surface area contributed by atoms with Gasteiger partial charge in [-0.3, -0.25) is 4.90 Å². The first-order chi connectivity index (χ1) is 4.61. The number of nitrogens with zero attached hydrogens (tertiary/aromatic N) is 2. The van der Waals surface area contributed by atoms with Gasteiger partial charge in [-0.1, -0.05) is 0 Å². The lowest BCUT2D eigenvalue weighted by Gasteiger charge is -2.39. The number of hydrogen-bond acceptors (Lipinski definition) is 2. The highest BCUT2D eigenvalue weighted by Crippen LogP contribution is 2.15. The van der Waals surface area contributed by atoms with Crippen molar-refractivity contribution in [1.82, 2.24) is 8.01 Å². The highest BCUT2D eigenvalue weighted by Gasteiger charge is 2.24. The van der Waals surface area contributed by atoms with Crippen LogP contribution in [0.15, 0.2) is 0 Å². The minimum Gasteiger partial charge on any atom is -0.298 e. The maximum absolute atomic E-state index is 2.44. The van der Waals surface area contributed by atoms with Crippen LogP contribution >= 0.6 is 22.9 Å². The van der Waals surface area contributed by atoms with Gasteiger partial charge in [-0.25, -0.2) is 3.11 Å². The average Bonchev–Trinajstić information content (AvgIpc) is 1.82. The van der Waals surface area contributed by atoms with Crippen LogP contribution in [0.4, 0.5) is 0 Å². The third-order valence-electron chi connectivity index (χ3n) is 2.32. The van der Waals surface area contributed by atoms with Gasteiger partial charge in [-0.05, 0) is 20.9 Å². The third-order valence-corrected chi connectivity index (χ3v) is 3.10. The van der Waals surface area contributed by atoms with Gasteiger partial charge < -0.3 is 0 Å². The second kappa shape index (κ2) is 3.36. The molecular weight excluding hydrogens is 239 g/mol. The summed E-state index contributed by atoms with van der Waals surface area (Å²) in [6.07, 6.45) is 0. The minimum absolute atomic E-state index is 0.709. The van der Waals surface area contributed by atoms with Crippen molar-refractivity contribution in [2.75, 3.05) is 20.1 Å². The molecule has 1 aliphatic heterocycles. The van der Waals surface area contributed by atoms with Gasteiger partial charge in [0.2, 0.25) is 0 Å². The van der Waals surface area contributed by atoms with Crippen LogP contribution in [0.5, 0.6) is 0 Å². The van der Waals surface area contributed by atoms with Crippen molar-refractivity contribution < 1.29 is 0 Å². The van der Waals surface area contributed by atoms with E-state index in [1.807, 2.05) is 0 Å². The Morgan fingerprint density at radius 2 is 1.60 bits per heavy atom. The van der Waals surface area contributed by atoms with Crippen LogP contribution in [0, 0.1) is 0 Å². The molecule has 60 valence electrons. The Kier molecular flexibility index (Phi) is 2.94. The van der Waals surface area contributed by atoms with Gasteiger partial charge in [0.05, 0.1) is 0 Å². The minimum atomic E-state index is 0.709. The predicted octanol–water partition coefficient (Wildman–Crippen LogP) is 1.36. The van der Waals surface area contributed by atoms with Gasteiger partial charge in [-0.15, -0.1) is 0 Å². The van der Waals surface area contributed by atoms with E-state index in [4.69, 9.17) is 0 Å². The van der Waals surface area contributed by atoms with Gasteiger partial charge in [0, 0.05) is 48.0 Å². The quantitative estimate of drug-likeness (QED) is 0.475. The summed E-state index contributed by atoms with van der Waals surface area (Å²) < 4.78 is 2.37. The maximum atomic E-state index is 2.44. The maximum Gasteiger partial charge on any atom is 0.0235 e. The van der Waals surface area contributed by atoms with E-state index in [-0.39, 0.29) is 0 Å². The first-order valence-corrected chi connectivity index (χ1v) is 4.70. The zero-order valence-electron chi connectivity index (χ0n) is 6.84. The molecule has 0 radical (unpaired) electrons. The third kappa shape index (κ3) is 1.83. The highest BCUT2D eigenvalue weighted by atomic mass is 127. The summed E-state index contributed by atoms with van der Waals surface area (Å²) in [6, 6.07) is 1.42. The SMILES string of the molecule is CC1CN(I)CC(C)N1C. The van der Waals surface area contributed by atoms with Crippen LogP contribution in [0.25, 0.3) is 0 Å². The Bertz CT molecular complexity index is 106. The molecule has 2 atom stereocenters. The molecule has 0 aromatic carbocycles. The van der Waals surface area contributed by atoms with Crippen molar-refractivity contribution in [3.63, 3.8) is 0 Å². The van der Waals surface area contributed by atoms with Crippen molar-refractivity contribution in [2.45, 2.75) is 25.9 Å². The van der Waals surface area contributed by atoms with Gasteiger partial charge in [0.25, 0.3) is 0 Å². The van der Waals surface area contributed by atoms with Gasteiger partial charge in [-0.2, -0.15) is 0 Å². The van der Waals surface area contributed by atoms with Crippen molar-refractivity contribution in [1.29, 1.82) is 0 Å². The normalized spacial score (nSPS) is 38.4. The molecule has 0 N–H and O–H groups in total. The van der Waals surface area contributed by atoms with Crippen LogP contribution < -0.4 is 0 Å². The fraction of sp³-hybridized carbons (Fsp3) is 1.00. The largest absolute Gasteiger partial charge is 0.298 e. The average molecular weight is 254 g/mol. The molecule has 2 unspecified atom stereocenters. The number of hydrogen-bond donors (Lipinski definition) is 0. The van der Waals surface area contributed by atoms with E-state index in [1.54, 1.807) is 0 Å². The summed E-state index contributed by atoms with van der Waals surface area (Å²) in [5, 5.41) is 0. The number of halogens is 1. The Morgan fingerprint density at radius 3 is 2.00 bits per heavy atom. The van der Waals surface area contributed by atoms with Gasteiger partial charge >= 0.3 is 0 Å². The summed E-state index contributed by atoms with van der Waals surface area (Å²) in [7, 11) is 2.21. The van der Waals surface area contributed by atoms with E-state index in [9.17, 15) is 0 Å². The van der Waals surface area contributed by atoms with E-state index in [0.717, 1.165) is 0 Å². The fourth-order valence-electron chi connectivity index (χ4n) is 1.34. The predicted molar refractivity (Wildman–Crippen MR) is 52.3 cm³/mol. The molecule has 0 amide bonds. The first kappa shape index (κ1) is 8.74. The molecule has 10 heavy (non-hydrogen) atoms. The van der Waals surface area contributed by atoms with Crippen LogP contribution in [0.2, 0.25) is 0 Å². The van der Waals surface area contributed by atoms with Crippen LogP contribution in [0.3, 0.4) is 0 Å². The smallest absolute Gasteiger partial charge is 0.0235 e. The van der Waals surface area contributed by atoms with E-state index in [1.165, 1.54) is 13.1 Å². The number of rotatable bonds is 0. The van der Waals surface area contributed by atoms with Gasteiger partial charge in [0.1, 0.15) is 0 Å². The van der Waals surface area contributed by atoms with Crippen molar-refractivity contribution in [3.8, 4) is 0 Å². The molecule has 1 aliphatic rings. The van der Waals surface area contributed by atoms with Crippen molar-refractivity contribution in [2.24, 2.45) is 0 Å². The molecule has 1 rings (SSSR count). The molecule has 0 aliphatic carbocycles. The molecule has 1 saturated heterocycles. The number of likely N-dealkylation sites (N-methyl/N-ethyl adjacent to an activating group) is 1. The summed E-state index contributed by atoms with van der Waals surface area (Å²) in [6.45, 7) is 6.95. The Morgan fingerprint density at radius 1 is 1.20 bits per heavy atom. The molecule has 0 bridgehead atoms. The van der Waals surface area contributed by atoms with E-state index in [0.29, 0.717) is 12.1 Å². The lowest BCUT2D eigenvalue weighted by atomic mass is 10.1. The standard InChI is InChI=1S/C7H15IN2/c1-6-4-10(8)5-7(2)9(6)3/h6-7H,4-5H2,1-3H3. The van der Waals surface area contributed by atoms with Crippen molar-refractivity contribution in [3.05, 3.63) is 0 Å². The fourth-order valence-corrected chi connectivity index (χ4v) is 2.48. The Hall–Kier alpha value is 0.650. The van der Waals surface area contributed by atoms with Gasteiger partial charge in [0.15, 0.2) is 0 Å². The molecule has 0 spiro atoms. The monoisotopic (exact) mass is 254 g/mol. The molecular formula is C7H15IN2. The lowest BCUT2D eigenvalue weighted by Crippen LogP contribution is -2.51. The highest BCUT2D eigenvalue weighted by molar-refractivity contribution is 14.1. The molecule has 0 aromatic rings. The van der Waals surface area contributed by atoms with E-state index >= 15 is 0 Å². The molecule has 2 nitrogen and oxygen atoms in total. The Labute approximate surface area is 77.1 Å². The molecule has 0 aromatic heterocycles. The summed E-state index contributed by atoms with van der Waals surface area (Å²) in [5.41, 5.74) is 0. The Balaban J connectivity index is 2.49. The molecule has 1 heterocycles. The van der Waals surface area contributed by atoms with Crippen LogP contribution in [-0.4, -0.2) is 40.2 Å². The molecule has 0 saturated carbocycles. The van der Waals surface area contributed by atoms with E-state index in [2.05, 4.69) is 51.8 Å². The summed E-state index contributed by atoms with van der Waals surface area (Å²) in [4.78, 5) is 2.44. The second-order valence-electron chi connectivity index (χ2n) is 3.19. The topological polar surface area (TPSA) is 6.48 Å². The lowest BCUT2D eigenvalue weighted by molar-refractivity contribution is 0.119. The van der Waals surface area contributed by atoms with E-state index < -0.39 is 0 Å². The number of piperazine rings is 1. The first-order valence-electron chi connectivity index (χ1n) is 3.74. The second-order valence-corrected chi connectivity index (χ2v) is 4.56. The zero-order valence-corrected chi connectivity index (χ0v) is 9.00. The summed E-state index contributed by atoms with van der Waals surface area (Å²) >= 11 is 2.40.